The van der Waals surface area contributed by atoms with Gasteiger partial charge in [-0.2, -0.15) is 0 Å². The number of aromatic nitrogens is 1. The number of hydrogen-bond acceptors (Lipinski definition) is 3. The molecule has 1 aliphatic carbocycles. The van der Waals surface area contributed by atoms with Gasteiger partial charge in [-0.05, 0) is 55.9 Å². The number of benzene rings is 2. The maximum absolute atomic E-state index is 13.1. The second-order valence-electron chi connectivity index (χ2n) is 7.49. The van der Waals surface area contributed by atoms with Crippen LogP contribution in [0.2, 0.25) is 5.02 Å². The van der Waals surface area contributed by atoms with E-state index in [0.717, 1.165) is 39.6 Å². The lowest BCUT2D eigenvalue weighted by atomic mass is 9.87. The highest BCUT2D eigenvalue weighted by Gasteiger charge is 2.22. The fraction of sp³-hybridized carbons (Fsp3) is 0.304. The highest BCUT2D eigenvalue weighted by Crippen LogP contribution is 2.34. The standard InChI is InChI=1S/C23H23ClN2OS/c1-15-10-12-16(13-11-15)25-23(27)18-14-22(26-20-8-4-2-6-17(18)20)28-21-9-5-3-7-19(21)24/h2-9,14-16H,10-13H2,1H3,(H,25,27). The molecule has 1 heterocycles. The first kappa shape index (κ1) is 19.3. The number of carbonyl (C=O) groups excluding carboxylic acids is 1. The first-order chi connectivity index (χ1) is 13.6. The molecule has 0 unspecified atom stereocenters. The van der Waals surface area contributed by atoms with Crippen LogP contribution in [0, 0.1) is 5.92 Å². The van der Waals surface area contributed by atoms with Crippen LogP contribution in [-0.4, -0.2) is 16.9 Å². The Kier molecular flexibility index (Phi) is 5.88. The molecule has 0 atom stereocenters. The number of halogens is 1. The molecule has 1 saturated carbocycles. The van der Waals surface area contributed by atoms with Crippen LogP contribution in [0.4, 0.5) is 0 Å². The summed E-state index contributed by atoms with van der Waals surface area (Å²) >= 11 is 7.79. The third-order valence-corrected chi connectivity index (χ3v) is 6.78. The van der Waals surface area contributed by atoms with Crippen molar-refractivity contribution < 1.29 is 4.79 Å². The molecular formula is C23H23ClN2OS. The van der Waals surface area contributed by atoms with Crippen molar-refractivity contribution in [1.82, 2.24) is 10.3 Å². The molecule has 0 spiro atoms. The van der Waals surface area contributed by atoms with Crippen LogP contribution in [0.15, 0.2) is 64.5 Å². The van der Waals surface area contributed by atoms with Gasteiger partial charge in [-0.25, -0.2) is 4.98 Å². The van der Waals surface area contributed by atoms with Gasteiger partial charge in [-0.15, -0.1) is 0 Å². The molecule has 2 aromatic carbocycles. The lowest BCUT2D eigenvalue weighted by Gasteiger charge is -2.27. The molecule has 0 bridgehead atoms. The van der Waals surface area contributed by atoms with Gasteiger partial charge in [0.25, 0.3) is 5.91 Å². The Labute approximate surface area is 174 Å². The molecule has 5 heteroatoms. The number of carbonyl (C=O) groups is 1. The third-order valence-electron chi connectivity index (χ3n) is 5.34. The van der Waals surface area contributed by atoms with Crippen molar-refractivity contribution in [2.75, 3.05) is 0 Å². The predicted molar refractivity (Wildman–Crippen MR) is 116 cm³/mol. The normalized spacial score (nSPS) is 19.5. The summed E-state index contributed by atoms with van der Waals surface area (Å²) in [7, 11) is 0. The van der Waals surface area contributed by atoms with E-state index in [2.05, 4.69) is 12.2 Å². The summed E-state index contributed by atoms with van der Waals surface area (Å²) in [5.41, 5.74) is 1.50. The van der Waals surface area contributed by atoms with E-state index in [1.807, 2.05) is 54.6 Å². The van der Waals surface area contributed by atoms with Crippen LogP contribution in [0.5, 0.6) is 0 Å². The van der Waals surface area contributed by atoms with Gasteiger partial charge in [0.05, 0.1) is 16.1 Å². The monoisotopic (exact) mass is 410 g/mol. The first-order valence-electron chi connectivity index (χ1n) is 9.73. The number of para-hydroxylation sites is 1. The first-order valence-corrected chi connectivity index (χ1v) is 10.9. The van der Waals surface area contributed by atoms with Crippen molar-refractivity contribution in [2.45, 2.75) is 48.6 Å². The average molecular weight is 411 g/mol. The maximum atomic E-state index is 13.1. The van der Waals surface area contributed by atoms with Gasteiger partial charge >= 0.3 is 0 Å². The quantitative estimate of drug-likeness (QED) is 0.545. The van der Waals surface area contributed by atoms with Gasteiger partial charge in [0, 0.05) is 16.3 Å². The highest BCUT2D eigenvalue weighted by molar-refractivity contribution is 7.99. The largest absolute Gasteiger partial charge is 0.349 e. The molecule has 1 N–H and O–H groups in total. The Morgan fingerprint density at radius 2 is 1.79 bits per heavy atom. The third kappa shape index (κ3) is 4.34. The molecule has 28 heavy (non-hydrogen) atoms. The summed E-state index contributed by atoms with van der Waals surface area (Å²) in [4.78, 5) is 18.8. The van der Waals surface area contributed by atoms with Gasteiger partial charge in [0.1, 0.15) is 5.03 Å². The molecule has 0 aliphatic heterocycles. The van der Waals surface area contributed by atoms with Crippen LogP contribution in [0.3, 0.4) is 0 Å². The number of rotatable bonds is 4. The van der Waals surface area contributed by atoms with Gasteiger partial charge in [0.2, 0.25) is 0 Å². The summed E-state index contributed by atoms with van der Waals surface area (Å²) in [6.07, 6.45) is 4.46. The van der Waals surface area contributed by atoms with E-state index in [4.69, 9.17) is 16.6 Å². The van der Waals surface area contributed by atoms with Crippen molar-refractivity contribution in [3.05, 3.63) is 65.2 Å². The maximum Gasteiger partial charge on any atom is 0.252 e. The van der Waals surface area contributed by atoms with E-state index < -0.39 is 0 Å². The van der Waals surface area contributed by atoms with Crippen molar-refractivity contribution in [2.24, 2.45) is 5.92 Å². The zero-order chi connectivity index (χ0) is 19.5. The van der Waals surface area contributed by atoms with E-state index in [-0.39, 0.29) is 11.9 Å². The van der Waals surface area contributed by atoms with Crippen molar-refractivity contribution >= 4 is 40.2 Å². The van der Waals surface area contributed by atoms with Gasteiger partial charge in [0.15, 0.2) is 0 Å². The second kappa shape index (κ2) is 8.54. The zero-order valence-electron chi connectivity index (χ0n) is 15.8. The summed E-state index contributed by atoms with van der Waals surface area (Å²) in [6, 6.07) is 17.6. The Hall–Kier alpha value is -2.04. The van der Waals surface area contributed by atoms with Gasteiger partial charge in [-0.1, -0.05) is 60.6 Å². The van der Waals surface area contributed by atoms with Gasteiger partial charge < -0.3 is 5.32 Å². The Morgan fingerprint density at radius 1 is 1.07 bits per heavy atom. The molecule has 1 fully saturated rings. The van der Waals surface area contributed by atoms with Gasteiger partial charge in [-0.3, -0.25) is 4.79 Å². The minimum Gasteiger partial charge on any atom is -0.349 e. The number of amides is 1. The number of nitrogens with zero attached hydrogens (tertiary/aromatic N) is 1. The van der Waals surface area contributed by atoms with E-state index >= 15 is 0 Å². The fourth-order valence-electron chi connectivity index (χ4n) is 3.70. The number of hydrogen-bond donors (Lipinski definition) is 1. The molecule has 3 aromatic rings. The average Bonchev–Trinajstić information content (AvgIpc) is 2.71. The molecule has 0 radical (unpaired) electrons. The van der Waals surface area contributed by atoms with Crippen LogP contribution < -0.4 is 5.32 Å². The molecule has 4 rings (SSSR count). The fourth-order valence-corrected chi connectivity index (χ4v) is 4.81. The predicted octanol–water partition coefficient (Wildman–Crippen LogP) is 6.35. The zero-order valence-corrected chi connectivity index (χ0v) is 17.4. The highest BCUT2D eigenvalue weighted by atomic mass is 35.5. The van der Waals surface area contributed by atoms with Crippen molar-refractivity contribution in [1.29, 1.82) is 0 Å². The van der Waals surface area contributed by atoms with Crippen LogP contribution in [0.25, 0.3) is 10.9 Å². The summed E-state index contributed by atoms with van der Waals surface area (Å²) in [6.45, 7) is 2.28. The molecule has 1 amide bonds. The van der Waals surface area contributed by atoms with E-state index in [1.54, 1.807) is 0 Å². The molecule has 0 saturated heterocycles. The smallest absolute Gasteiger partial charge is 0.252 e. The van der Waals surface area contributed by atoms with E-state index in [0.29, 0.717) is 10.6 Å². The minimum absolute atomic E-state index is 0.0147. The topological polar surface area (TPSA) is 42.0 Å². The molecular weight excluding hydrogens is 388 g/mol. The van der Waals surface area contributed by atoms with E-state index in [1.165, 1.54) is 24.6 Å². The lowest BCUT2D eigenvalue weighted by molar-refractivity contribution is 0.0924. The molecule has 144 valence electrons. The van der Waals surface area contributed by atoms with E-state index in [9.17, 15) is 4.79 Å². The molecule has 1 aliphatic rings. The minimum atomic E-state index is -0.0147. The second-order valence-corrected chi connectivity index (χ2v) is 8.96. The van der Waals surface area contributed by atoms with Crippen molar-refractivity contribution in [3.63, 3.8) is 0 Å². The Balaban J connectivity index is 1.64. The molecule has 1 aromatic heterocycles. The summed E-state index contributed by atoms with van der Waals surface area (Å²) in [5.74, 6) is 0.743. The number of nitrogens with one attached hydrogen (secondary N) is 1. The van der Waals surface area contributed by atoms with Crippen LogP contribution in [-0.2, 0) is 0 Å². The van der Waals surface area contributed by atoms with Crippen molar-refractivity contribution in [3.8, 4) is 0 Å². The molecule has 3 nitrogen and oxygen atoms in total. The van der Waals surface area contributed by atoms with Crippen LogP contribution in [0.1, 0.15) is 43.0 Å². The Bertz CT molecular complexity index is 999. The Morgan fingerprint density at radius 3 is 2.57 bits per heavy atom. The summed E-state index contributed by atoms with van der Waals surface area (Å²) < 4.78 is 0. The SMILES string of the molecule is CC1CCC(NC(=O)c2cc(Sc3ccccc3Cl)nc3ccccc23)CC1. The summed E-state index contributed by atoms with van der Waals surface area (Å²) in [5, 5.41) is 5.59. The van der Waals surface area contributed by atoms with Crippen LogP contribution >= 0.6 is 23.4 Å². The number of pyridine rings is 1. The lowest BCUT2D eigenvalue weighted by Crippen LogP contribution is -2.37. The number of fused-ring (bicyclic) bond motifs is 1.